The summed E-state index contributed by atoms with van der Waals surface area (Å²) in [4.78, 5) is 23.1. The van der Waals surface area contributed by atoms with Gasteiger partial charge in [-0.15, -0.1) is 10.2 Å². The van der Waals surface area contributed by atoms with Crippen molar-refractivity contribution in [3.05, 3.63) is 29.3 Å². The molecule has 0 aliphatic rings. The molecule has 1 heterocycles. The molecule has 1 aromatic heterocycles. The summed E-state index contributed by atoms with van der Waals surface area (Å²) >= 11 is 2.64. The fraction of sp³-hybridized carbons (Fsp3) is 0.375. The predicted molar refractivity (Wildman–Crippen MR) is 102 cm³/mol. The van der Waals surface area contributed by atoms with Gasteiger partial charge in [0.05, 0.1) is 5.25 Å². The molecule has 0 saturated heterocycles. The molecule has 3 amide bonds. The Morgan fingerprint density at radius 2 is 2.08 bits per heavy atom. The van der Waals surface area contributed by atoms with Crippen LogP contribution in [0, 0.1) is 6.92 Å². The highest BCUT2D eigenvalue weighted by Crippen LogP contribution is 2.32. The first-order valence-electron chi connectivity index (χ1n) is 7.82. The van der Waals surface area contributed by atoms with Gasteiger partial charge in [-0.2, -0.15) is 0 Å². The fourth-order valence-electron chi connectivity index (χ4n) is 2.10. The van der Waals surface area contributed by atoms with Crippen LogP contribution in [-0.2, 0) is 11.2 Å². The van der Waals surface area contributed by atoms with Gasteiger partial charge in [0.25, 0.3) is 0 Å². The lowest BCUT2D eigenvalue weighted by Gasteiger charge is -2.11. The van der Waals surface area contributed by atoms with Gasteiger partial charge in [-0.25, -0.2) is 4.79 Å². The molecule has 0 aliphatic carbocycles. The number of amides is 3. The molecule has 0 saturated carbocycles. The zero-order valence-electron chi connectivity index (χ0n) is 14.5. The van der Waals surface area contributed by atoms with Crippen molar-refractivity contribution in [1.82, 2.24) is 20.8 Å². The van der Waals surface area contributed by atoms with Gasteiger partial charge in [0, 0.05) is 12.7 Å². The van der Waals surface area contributed by atoms with E-state index in [4.69, 9.17) is 0 Å². The lowest BCUT2D eigenvalue weighted by Crippen LogP contribution is -2.41. The van der Waals surface area contributed by atoms with Crippen LogP contribution < -0.4 is 16.0 Å². The number of carbonyl (C=O) groups is 2. The summed E-state index contributed by atoms with van der Waals surface area (Å²) in [7, 11) is 1.46. The second-order valence-corrected chi connectivity index (χ2v) is 7.85. The van der Waals surface area contributed by atoms with E-state index < -0.39 is 11.3 Å². The molecule has 1 unspecified atom stereocenters. The minimum atomic E-state index is -0.524. The van der Waals surface area contributed by atoms with E-state index >= 15 is 0 Å². The normalized spacial score (nSPS) is 11.7. The molecule has 134 valence electrons. The number of rotatable bonds is 6. The Kier molecular flexibility index (Phi) is 6.77. The van der Waals surface area contributed by atoms with Crippen LogP contribution in [0.3, 0.4) is 0 Å². The van der Waals surface area contributed by atoms with E-state index in [1.807, 2.05) is 19.1 Å². The zero-order valence-corrected chi connectivity index (χ0v) is 16.2. The third-order valence-electron chi connectivity index (χ3n) is 3.49. The van der Waals surface area contributed by atoms with E-state index in [2.05, 4.69) is 39.1 Å². The lowest BCUT2D eigenvalue weighted by atomic mass is 10.1. The number of benzene rings is 1. The zero-order chi connectivity index (χ0) is 18.4. The second-order valence-electron chi connectivity index (χ2n) is 5.29. The van der Waals surface area contributed by atoms with Crippen LogP contribution in [-0.4, -0.2) is 34.4 Å². The van der Waals surface area contributed by atoms with Crippen molar-refractivity contribution in [1.29, 1.82) is 0 Å². The highest BCUT2D eigenvalue weighted by atomic mass is 32.2. The lowest BCUT2D eigenvalue weighted by molar-refractivity contribution is -0.119. The number of nitrogens with zero attached hydrogens (tertiary/aromatic N) is 2. The Hall–Kier alpha value is -2.13. The van der Waals surface area contributed by atoms with E-state index in [0.717, 1.165) is 17.7 Å². The van der Waals surface area contributed by atoms with Gasteiger partial charge in [0.15, 0.2) is 4.34 Å². The third kappa shape index (κ3) is 5.17. The monoisotopic (exact) mass is 379 g/mol. The van der Waals surface area contributed by atoms with Gasteiger partial charge < -0.3 is 10.6 Å². The molecule has 0 spiro atoms. The molecule has 25 heavy (non-hydrogen) atoms. The maximum atomic E-state index is 11.9. The first kappa shape index (κ1) is 19.2. The van der Waals surface area contributed by atoms with E-state index in [9.17, 15) is 9.59 Å². The number of aryl methyl sites for hydroxylation is 2. The number of carbonyl (C=O) groups excluding carboxylic acids is 2. The molecule has 0 fully saturated rings. The quantitative estimate of drug-likeness (QED) is 0.668. The van der Waals surface area contributed by atoms with Crippen LogP contribution in [0.2, 0.25) is 0 Å². The minimum absolute atomic E-state index is 0.374. The van der Waals surface area contributed by atoms with Crippen LogP contribution in [0.5, 0.6) is 0 Å². The van der Waals surface area contributed by atoms with E-state index in [-0.39, 0.29) is 5.91 Å². The summed E-state index contributed by atoms with van der Waals surface area (Å²) in [5.41, 5.74) is 3.40. The summed E-state index contributed by atoms with van der Waals surface area (Å²) in [5.74, 6) is -0.374. The van der Waals surface area contributed by atoms with Crippen molar-refractivity contribution in [3.8, 4) is 0 Å². The highest BCUT2D eigenvalue weighted by Gasteiger charge is 2.19. The van der Waals surface area contributed by atoms with Crippen LogP contribution in [0.25, 0.3) is 0 Å². The molecule has 1 atom stereocenters. The Balaban J connectivity index is 2.03. The molecule has 3 N–H and O–H groups in total. The first-order valence-corrected chi connectivity index (χ1v) is 9.52. The smallest absolute Gasteiger partial charge is 0.321 e. The molecule has 1 aromatic carbocycles. The van der Waals surface area contributed by atoms with Crippen molar-refractivity contribution >= 4 is 45.9 Å². The van der Waals surface area contributed by atoms with Crippen LogP contribution in [0.4, 0.5) is 15.6 Å². The number of urea groups is 1. The number of aromatic nitrogens is 2. The number of hydrogen-bond acceptors (Lipinski definition) is 7. The van der Waals surface area contributed by atoms with E-state index in [1.165, 1.54) is 35.7 Å². The molecule has 2 rings (SSSR count). The van der Waals surface area contributed by atoms with Crippen molar-refractivity contribution in [2.45, 2.75) is 36.8 Å². The molecular weight excluding hydrogens is 358 g/mol. The molecule has 9 heteroatoms. The maximum absolute atomic E-state index is 11.9. The second kappa shape index (κ2) is 8.82. The van der Waals surface area contributed by atoms with Gasteiger partial charge in [-0.1, -0.05) is 48.2 Å². The van der Waals surface area contributed by atoms with Crippen molar-refractivity contribution in [3.63, 3.8) is 0 Å². The topological polar surface area (TPSA) is 96.0 Å². The predicted octanol–water partition coefficient (Wildman–Crippen LogP) is 3.09. The van der Waals surface area contributed by atoms with Gasteiger partial charge >= 0.3 is 6.03 Å². The van der Waals surface area contributed by atoms with E-state index in [1.54, 1.807) is 6.92 Å². The Morgan fingerprint density at radius 1 is 1.32 bits per heavy atom. The molecule has 0 aliphatic heterocycles. The molecule has 2 aromatic rings. The van der Waals surface area contributed by atoms with Crippen LogP contribution in [0.15, 0.2) is 22.5 Å². The van der Waals surface area contributed by atoms with E-state index in [0.29, 0.717) is 9.47 Å². The van der Waals surface area contributed by atoms with Gasteiger partial charge in [-0.3, -0.25) is 10.1 Å². The summed E-state index contributed by atoms with van der Waals surface area (Å²) in [5, 5.41) is 16.4. The Bertz CT molecular complexity index is 763. The average Bonchev–Trinajstić information content (AvgIpc) is 3.03. The number of imide groups is 1. The first-order chi connectivity index (χ1) is 11.9. The van der Waals surface area contributed by atoms with Crippen molar-refractivity contribution in [2.24, 2.45) is 0 Å². The molecule has 0 radical (unpaired) electrons. The number of hydrogen-bond donors (Lipinski definition) is 3. The van der Waals surface area contributed by atoms with Gasteiger partial charge in [0.2, 0.25) is 11.0 Å². The Morgan fingerprint density at radius 3 is 2.76 bits per heavy atom. The summed E-state index contributed by atoms with van der Waals surface area (Å²) < 4.78 is 0.661. The number of anilines is 2. The Labute approximate surface area is 155 Å². The molecule has 0 bridgehead atoms. The summed E-state index contributed by atoms with van der Waals surface area (Å²) in [6.45, 7) is 5.87. The third-order valence-corrected chi connectivity index (χ3v) is 5.51. The molecule has 7 nitrogen and oxygen atoms in total. The average molecular weight is 380 g/mol. The summed E-state index contributed by atoms with van der Waals surface area (Å²) in [6, 6.07) is 5.64. The van der Waals surface area contributed by atoms with Crippen molar-refractivity contribution < 1.29 is 9.59 Å². The van der Waals surface area contributed by atoms with Crippen molar-refractivity contribution in [2.75, 3.05) is 12.4 Å². The van der Waals surface area contributed by atoms with Gasteiger partial charge in [-0.05, 0) is 31.4 Å². The summed E-state index contributed by atoms with van der Waals surface area (Å²) in [6.07, 6.45) is 0.918. The standard InChI is InChI=1S/C16H21N5O2S2/c1-5-11-8-6-7-9(2)12(11)18-15-20-21-16(25-15)24-10(3)13(22)19-14(23)17-4/h6-8,10H,5H2,1-4H3,(H,18,20)(H2,17,19,22,23). The molecular formula is C16H21N5O2S2. The number of para-hydroxylation sites is 1. The fourth-order valence-corrected chi connectivity index (χ4v) is 4.00. The van der Waals surface area contributed by atoms with Crippen LogP contribution >= 0.6 is 23.1 Å². The maximum Gasteiger partial charge on any atom is 0.321 e. The number of thioether (sulfide) groups is 1. The highest BCUT2D eigenvalue weighted by molar-refractivity contribution is 8.02. The van der Waals surface area contributed by atoms with Gasteiger partial charge in [0.1, 0.15) is 0 Å². The van der Waals surface area contributed by atoms with Crippen LogP contribution in [0.1, 0.15) is 25.0 Å². The number of nitrogens with one attached hydrogen (secondary N) is 3. The minimum Gasteiger partial charge on any atom is -0.341 e. The SMILES string of the molecule is CCc1cccc(C)c1Nc1nnc(SC(C)C(=O)NC(=O)NC)s1. The largest absolute Gasteiger partial charge is 0.341 e.